The van der Waals surface area contributed by atoms with E-state index < -0.39 is 10.0 Å². The van der Waals surface area contributed by atoms with Gasteiger partial charge in [-0.1, -0.05) is 6.07 Å². The Morgan fingerprint density at radius 3 is 2.87 bits per heavy atom. The highest BCUT2D eigenvalue weighted by Gasteiger charge is 2.33. The quantitative estimate of drug-likeness (QED) is 0.735. The summed E-state index contributed by atoms with van der Waals surface area (Å²) < 4.78 is 28.0. The third kappa shape index (κ3) is 4.66. The summed E-state index contributed by atoms with van der Waals surface area (Å²) in [6.07, 6.45) is 4.42. The standard InChI is InChI=1S/C22H26N2O4S2/c25-21(11-8-18-6-3-13-29-18)17-5-2-12-24(15-17)30(27,28)19-9-10-20-16(14-19)4-1-7-22(26)23-20/h3,6,9-10,13-14,17H,1-2,4-5,7-8,11-12,15H2,(H,23,26). The highest BCUT2D eigenvalue weighted by Crippen LogP contribution is 2.29. The normalized spacial score (nSPS) is 20.3. The molecule has 8 heteroatoms. The molecule has 6 nitrogen and oxygen atoms in total. The first kappa shape index (κ1) is 21.2. The fourth-order valence-electron chi connectivity index (χ4n) is 4.19. The molecular formula is C22H26N2O4S2. The van der Waals surface area contributed by atoms with Gasteiger partial charge >= 0.3 is 0 Å². The Morgan fingerprint density at radius 1 is 1.20 bits per heavy atom. The van der Waals surface area contributed by atoms with Gasteiger partial charge in [-0.05, 0) is 67.3 Å². The van der Waals surface area contributed by atoms with Crippen molar-refractivity contribution in [3.8, 4) is 0 Å². The van der Waals surface area contributed by atoms with E-state index >= 15 is 0 Å². The molecular weight excluding hydrogens is 420 g/mol. The van der Waals surface area contributed by atoms with Crippen molar-refractivity contribution in [1.29, 1.82) is 0 Å². The number of aryl methyl sites for hydroxylation is 2. The Kier molecular flexibility index (Phi) is 6.36. The van der Waals surface area contributed by atoms with Gasteiger partial charge in [-0.2, -0.15) is 4.31 Å². The average Bonchev–Trinajstić information content (AvgIpc) is 3.19. The van der Waals surface area contributed by atoms with Crippen molar-refractivity contribution in [2.24, 2.45) is 5.92 Å². The van der Waals surface area contributed by atoms with E-state index in [-0.39, 0.29) is 29.0 Å². The first-order valence-electron chi connectivity index (χ1n) is 10.4. The molecule has 2 aromatic rings. The van der Waals surface area contributed by atoms with Crippen LogP contribution in [0.3, 0.4) is 0 Å². The van der Waals surface area contributed by atoms with Gasteiger partial charge in [0, 0.05) is 42.4 Å². The minimum absolute atomic E-state index is 0.0377. The second-order valence-electron chi connectivity index (χ2n) is 7.97. The molecule has 0 radical (unpaired) electrons. The zero-order chi connectivity index (χ0) is 21.1. The van der Waals surface area contributed by atoms with Gasteiger partial charge in [0.05, 0.1) is 4.90 Å². The first-order chi connectivity index (χ1) is 14.4. The summed E-state index contributed by atoms with van der Waals surface area (Å²) in [4.78, 5) is 25.9. The van der Waals surface area contributed by atoms with Crippen molar-refractivity contribution in [3.05, 3.63) is 46.2 Å². The number of hydrogen-bond acceptors (Lipinski definition) is 5. The third-order valence-electron chi connectivity index (χ3n) is 5.88. The van der Waals surface area contributed by atoms with E-state index in [1.165, 1.54) is 9.18 Å². The predicted octanol–water partition coefficient (Wildman–Crippen LogP) is 3.63. The highest BCUT2D eigenvalue weighted by molar-refractivity contribution is 7.89. The lowest BCUT2D eigenvalue weighted by Gasteiger charge is -2.31. The summed E-state index contributed by atoms with van der Waals surface area (Å²) in [6.45, 7) is 0.685. The number of piperidine rings is 1. The Hall–Kier alpha value is -2.03. The predicted molar refractivity (Wildman–Crippen MR) is 117 cm³/mol. The lowest BCUT2D eigenvalue weighted by molar-refractivity contribution is -0.123. The van der Waals surface area contributed by atoms with Crippen molar-refractivity contribution in [2.75, 3.05) is 18.4 Å². The lowest BCUT2D eigenvalue weighted by atomic mass is 9.92. The maximum absolute atomic E-state index is 13.3. The Labute approximate surface area is 181 Å². The fourth-order valence-corrected chi connectivity index (χ4v) is 6.47. The van der Waals surface area contributed by atoms with Crippen molar-refractivity contribution in [3.63, 3.8) is 0 Å². The average molecular weight is 447 g/mol. The first-order valence-corrected chi connectivity index (χ1v) is 12.7. The summed E-state index contributed by atoms with van der Waals surface area (Å²) in [5.74, 6) is -0.133. The monoisotopic (exact) mass is 446 g/mol. The number of hydrogen-bond donors (Lipinski definition) is 1. The molecule has 1 unspecified atom stereocenters. The Morgan fingerprint density at radius 2 is 2.07 bits per heavy atom. The van der Waals surface area contributed by atoms with Crippen LogP contribution in [0.4, 0.5) is 5.69 Å². The summed E-state index contributed by atoms with van der Waals surface area (Å²) in [6, 6.07) is 8.92. The van der Waals surface area contributed by atoms with Gasteiger partial charge in [0.25, 0.3) is 0 Å². The SMILES string of the molecule is O=C1CCCc2cc(S(=O)(=O)N3CCCC(C(=O)CCc4cccs4)C3)ccc2N1. The number of carbonyl (C=O) groups excluding carboxylic acids is 2. The van der Waals surface area contributed by atoms with Gasteiger partial charge in [-0.25, -0.2) is 8.42 Å². The second-order valence-corrected chi connectivity index (χ2v) is 10.9. The van der Waals surface area contributed by atoms with Crippen molar-refractivity contribution in [2.45, 2.75) is 49.8 Å². The van der Waals surface area contributed by atoms with Gasteiger partial charge in [-0.15, -0.1) is 11.3 Å². The van der Waals surface area contributed by atoms with Crippen LogP contribution in [0.2, 0.25) is 0 Å². The van der Waals surface area contributed by atoms with E-state index in [4.69, 9.17) is 0 Å². The van der Waals surface area contributed by atoms with Gasteiger partial charge in [0.15, 0.2) is 0 Å². The van der Waals surface area contributed by atoms with E-state index in [0.717, 1.165) is 18.4 Å². The zero-order valence-electron chi connectivity index (χ0n) is 16.8. The minimum atomic E-state index is -3.68. The molecule has 30 heavy (non-hydrogen) atoms. The maximum Gasteiger partial charge on any atom is 0.243 e. The molecule has 2 aliphatic rings. The topological polar surface area (TPSA) is 83.6 Å². The number of ketones is 1. The summed E-state index contributed by atoms with van der Waals surface area (Å²) in [5.41, 5.74) is 1.54. The largest absolute Gasteiger partial charge is 0.326 e. The molecule has 1 aromatic heterocycles. The van der Waals surface area contributed by atoms with Gasteiger partial charge in [0.2, 0.25) is 15.9 Å². The molecule has 0 bridgehead atoms. The van der Waals surface area contributed by atoms with E-state index in [9.17, 15) is 18.0 Å². The lowest BCUT2D eigenvalue weighted by Crippen LogP contribution is -2.42. The molecule has 1 saturated heterocycles. The molecule has 4 rings (SSSR count). The number of carbonyl (C=O) groups is 2. The number of fused-ring (bicyclic) bond motifs is 1. The number of amides is 1. The molecule has 160 valence electrons. The molecule has 0 spiro atoms. The third-order valence-corrected chi connectivity index (χ3v) is 8.67. The van der Waals surface area contributed by atoms with Crippen molar-refractivity contribution in [1.82, 2.24) is 4.31 Å². The van der Waals surface area contributed by atoms with E-state index in [1.54, 1.807) is 29.5 Å². The van der Waals surface area contributed by atoms with Crippen LogP contribution >= 0.6 is 11.3 Å². The molecule has 0 aliphatic carbocycles. The van der Waals surface area contributed by atoms with Crippen LogP contribution in [-0.2, 0) is 32.5 Å². The number of thiophene rings is 1. The van der Waals surface area contributed by atoms with Crippen LogP contribution < -0.4 is 5.32 Å². The summed E-state index contributed by atoms with van der Waals surface area (Å²) in [5, 5.41) is 4.84. The van der Waals surface area contributed by atoms with Crippen molar-refractivity contribution >= 4 is 38.7 Å². The van der Waals surface area contributed by atoms with Crippen LogP contribution in [0.25, 0.3) is 0 Å². The smallest absolute Gasteiger partial charge is 0.243 e. The molecule has 0 saturated carbocycles. The summed E-state index contributed by atoms with van der Waals surface area (Å²) in [7, 11) is -3.68. The number of nitrogens with one attached hydrogen (secondary N) is 1. The fraction of sp³-hybridized carbons (Fsp3) is 0.455. The molecule has 1 fully saturated rings. The summed E-state index contributed by atoms with van der Waals surface area (Å²) >= 11 is 1.64. The number of Topliss-reactive ketones (excluding diaryl/α,β-unsaturated/α-hetero) is 1. The van der Waals surface area contributed by atoms with Gasteiger partial charge in [0.1, 0.15) is 5.78 Å². The zero-order valence-corrected chi connectivity index (χ0v) is 18.4. The van der Waals surface area contributed by atoms with Crippen LogP contribution in [0, 0.1) is 5.92 Å². The van der Waals surface area contributed by atoms with Crippen LogP contribution in [-0.4, -0.2) is 37.5 Å². The van der Waals surface area contributed by atoms with Gasteiger partial charge < -0.3 is 5.32 Å². The number of anilines is 1. The second kappa shape index (κ2) is 8.99. The van der Waals surface area contributed by atoms with E-state index in [2.05, 4.69) is 5.32 Å². The molecule has 1 amide bonds. The van der Waals surface area contributed by atoms with Crippen molar-refractivity contribution < 1.29 is 18.0 Å². The Bertz CT molecular complexity index is 1030. The highest BCUT2D eigenvalue weighted by atomic mass is 32.2. The number of rotatable bonds is 6. The molecule has 1 N–H and O–H groups in total. The molecule has 2 aliphatic heterocycles. The Balaban J connectivity index is 1.46. The number of nitrogens with zero attached hydrogens (tertiary/aromatic N) is 1. The number of sulfonamides is 1. The van der Waals surface area contributed by atoms with Crippen LogP contribution in [0.1, 0.15) is 42.5 Å². The van der Waals surface area contributed by atoms with E-state index in [0.29, 0.717) is 44.3 Å². The number of benzene rings is 1. The van der Waals surface area contributed by atoms with E-state index in [1.807, 2.05) is 17.5 Å². The van der Waals surface area contributed by atoms with Crippen LogP contribution in [0.5, 0.6) is 0 Å². The molecule has 1 atom stereocenters. The maximum atomic E-state index is 13.3. The van der Waals surface area contributed by atoms with Gasteiger partial charge in [-0.3, -0.25) is 9.59 Å². The molecule has 3 heterocycles. The van der Waals surface area contributed by atoms with Crippen LogP contribution in [0.15, 0.2) is 40.6 Å². The minimum Gasteiger partial charge on any atom is -0.326 e. The molecule has 1 aromatic carbocycles.